The summed E-state index contributed by atoms with van der Waals surface area (Å²) in [5, 5.41) is 28.9. The van der Waals surface area contributed by atoms with E-state index in [-0.39, 0.29) is 36.0 Å². The molecule has 0 saturated carbocycles. The molecule has 6 N–H and O–H groups in total. The Bertz CT molecular complexity index is 1960. The van der Waals surface area contributed by atoms with Crippen LogP contribution in [0.3, 0.4) is 0 Å². The van der Waals surface area contributed by atoms with Gasteiger partial charge in [-0.15, -0.1) is 0 Å². The summed E-state index contributed by atoms with van der Waals surface area (Å²) in [7, 11) is 0. The van der Waals surface area contributed by atoms with Crippen molar-refractivity contribution in [2.45, 2.75) is 12.8 Å². The molecular formula is C39H47N11O7. The van der Waals surface area contributed by atoms with Crippen LogP contribution in [0.25, 0.3) is 16.2 Å². The molecule has 0 fully saturated rings. The third kappa shape index (κ3) is 14.7. The standard InChI is InChI=1S/C39H47N11O7/c40-50-44-18-22-57-26-25-55-20-16-42-36(53)29-9-11-31(12-10-29)45-38-47-37(48-39(49-38)46-32-13-14-33-30(27-32)7-4-8-34(33)51)43-17-21-56-24-23-54-19-15-41-35(52)28-5-2-1-3-6-28/h1-3,5-6,8-14,27,51H,4,7,15-26H2,(H,41,52)(H,42,53)(H3,43,45,46,47,48,49). The minimum Gasteiger partial charge on any atom is -0.508 e. The lowest BCUT2D eigenvalue weighted by Gasteiger charge is -2.16. The van der Waals surface area contributed by atoms with Gasteiger partial charge >= 0.3 is 0 Å². The number of aromatic nitrogens is 3. The average Bonchev–Trinajstić information content (AvgIpc) is 3.22. The second-order valence-electron chi connectivity index (χ2n) is 12.3. The van der Waals surface area contributed by atoms with Crippen molar-refractivity contribution < 1.29 is 33.6 Å². The highest BCUT2D eigenvalue weighted by Gasteiger charge is 2.14. The van der Waals surface area contributed by atoms with Gasteiger partial charge in [0.15, 0.2) is 0 Å². The maximum Gasteiger partial charge on any atom is 0.251 e. The van der Waals surface area contributed by atoms with Crippen molar-refractivity contribution >= 4 is 46.8 Å². The highest BCUT2D eigenvalue weighted by Crippen LogP contribution is 2.28. The first-order valence-electron chi connectivity index (χ1n) is 18.6. The van der Waals surface area contributed by atoms with Crippen molar-refractivity contribution in [2.75, 3.05) is 95.0 Å². The first-order valence-corrected chi connectivity index (χ1v) is 18.6. The summed E-state index contributed by atoms with van der Waals surface area (Å²) in [5.74, 6) is 0.743. The van der Waals surface area contributed by atoms with Crippen LogP contribution in [0.2, 0.25) is 0 Å². The number of carbonyl (C=O) groups excluding carboxylic acids is 2. The average molecular weight is 782 g/mol. The molecule has 0 radical (unpaired) electrons. The minimum atomic E-state index is -0.246. The van der Waals surface area contributed by atoms with E-state index in [0.29, 0.717) is 95.3 Å². The largest absolute Gasteiger partial charge is 0.508 e. The summed E-state index contributed by atoms with van der Waals surface area (Å²) in [6, 6.07) is 21.6. The van der Waals surface area contributed by atoms with Gasteiger partial charge in [0.05, 0.1) is 52.9 Å². The maximum atomic E-state index is 12.7. The van der Waals surface area contributed by atoms with Crippen LogP contribution in [0.4, 0.5) is 29.2 Å². The first kappa shape index (κ1) is 41.9. The Morgan fingerprint density at radius 3 is 1.89 bits per heavy atom. The number of hydrogen-bond donors (Lipinski definition) is 6. The normalized spacial score (nSPS) is 11.8. The summed E-state index contributed by atoms with van der Waals surface area (Å²) < 4.78 is 22.0. The zero-order valence-corrected chi connectivity index (χ0v) is 31.5. The van der Waals surface area contributed by atoms with Crippen molar-refractivity contribution in [1.29, 1.82) is 0 Å². The predicted octanol–water partition coefficient (Wildman–Crippen LogP) is 5.15. The fourth-order valence-corrected chi connectivity index (χ4v) is 5.43. The fourth-order valence-electron chi connectivity index (χ4n) is 5.43. The van der Waals surface area contributed by atoms with E-state index < -0.39 is 0 Å². The molecule has 2 amide bonds. The Morgan fingerprint density at radius 2 is 1.25 bits per heavy atom. The molecule has 0 atom stereocenters. The number of aliphatic hydroxyl groups is 1. The third-order valence-corrected chi connectivity index (χ3v) is 8.20. The van der Waals surface area contributed by atoms with Gasteiger partial charge in [0.25, 0.3) is 11.8 Å². The summed E-state index contributed by atoms with van der Waals surface area (Å²) >= 11 is 0. The van der Waals surface area contributed by atoms with Crippen LogP contribution >= 0.6 is 0 Å². The van der Waals surface area contributed by atoms with E-state index in [4.69, 9.17) is 24.5 Å². The number of amides is 2. The molecule has 300 valence electrons. The zero-order chi connectivity index (χ0) is 39.9. The predicted molar refractivity (Wildman–Crippen MR) is 215 cm³/mol. The number of aliphatic hydroxyl groups excluding tert-OH is 1. The number of azide groups is 1. The van der Waals surface area contributed by atoms with Gasteiger partial charge in [-0.25, -0.2) is 0 Å². The lowest BCUT2D eigenvalue weighted by molar-refractivity contribution is 0.0511. The van der Waals surface area contributed by atoms with Crippen molar-refractivity contribution in [3.05, 3.63) is 112 Å². The van der Waals surface area contributed by atoms with Crippen molar-refractivity contribution in [2.24, 2.45) is 5.11 Å². The number of benzene rings is 3. The topological polar surface area (TPSA) is 239 Å². The maximum absolute atomic E-state index is 12.7. The van der Waals surface area contributed by atoms with Crippen LogP contribution in [-0.4, -0.2) is 111 Å². The van der Waals surface area contributed by atoms with E-state index in [2.05, 4.69) is 51.6 Å². The van der Waals surface area contributed by atoms with Crippen LogP contribution in [0, 0.1) is 0 Å². The number of rotatable bonds is 25. The fraction of sp³-hybridized carbons (Fsp3) is 0.359. The Morgan fingerprint density at radius 1 is 0.684 bits per heavy atom. The van der Waals surface area contributed by atoms with Gasteiger partial charge in [-0.3, -0.25) is 9.59 Å². The molecule has 0 unspecified atom stereocenters. The lowest BCUT2D eigenvalue weighted by Crippen LogP contribution is -2.27. The van der Waals surface area contributed by atoms with Gasteiger partial charge < -0.3 is 50.6 Å². The molecule has 5 rings (SSSR count). The van der Waals surface area contributed by atoms with Gasteiger partial charge in [0, 0.05) is 59.2 Å². The molecule has 3 aromatic carbocycles. The van der Waals surface area contributed by atoms with Crippen LogP contribution in [0.15, 0.2) is 84.0 Å². The number of carbonyl (C=O) groups is 2. The Balaban J connectivity index is 1.09. The van der Waals surface area contributed by atoms with Gasteiger partial charge in [0.2, 0.25) is 17.8 Å². The van der Waals surface area contributed by atoms with Gasteiger partial charge in [-0.05, 0) is 84.6 Å². The highest BCUT2D eigenvalue weighted by atomic mass is 16.5. The number of hydrogen-bond acceptors (Lipinski definition) is 14. The molecule has 0 saturated heterocycles. The van der Waals surface area contributed by atoms with Gasteiger partial charge in [-0.2, -0.15) is 15.0 Å². The minimum absolute atomic E-state index is 0.144. The SMILES string of the molecule is [N-]=[N+]=NCCOCCOCCNC(=O)c1ccc(Nc2nc(NCCOCCOCCNC(=O)c3ccccc3)nc(Nc3ccc4c(c3)CCC=C4O)n2)cc1. The lowest BCUT2D eigenvalue weighted by atomic mass is 9.95. The molecule has 0 aliphatic heterocycles. The monoisotopic (exact) mass is 781 g/mol. The number of anilines is 5. The number of nitrogens with one attached hydrogen (secondary N) is 5. The van der Waals surface area contributed by atoms with E-state index in [1.807, 2.05) is 42.5 Å². The molecule has 57 heavy (non-hydrogen) atoms. The van der Waals surface area contributed by atoms with Crippen LogP contribution in [0.1, 0.15) is 38.3 Å². The van der Waals surface area contributed by atoms with Crippen molar-refractivity contribution in [3.63, 3.8) is 0 Å². The van der Waals surface area contributed by atoms with Crippen LogP contribution in [0.5, 0.6) is 0 Å². The highest BCUT2D eigenvalue weighted by molar-refractivity contribution is 5.94. The molecule has 0 bridgehead atoms. The first-order chi connectivity index (χ1) is 28.0. The molecule has 1 aliphatic rings. The summed E-state index contributed by atoms with van der Waals surface area (Å²) in [5.41, 5.74) is 12.6. The zero-order valence-electron chi connectivity index (χ0n) is 31.5. The number of allylic oxidation sites excluding steroid dienone is 1. The van der Waals surface area contributed by atoms with Crippen molar-refractivity contribution in [3.8, 4) is 0 Å². The number of nitrogens with zero attached hydrogens (tertiary/aromatic N) is 6. The van der Waals surface area contributed by atoms with E-state index in [0.717, 1.165) is 29.7 Å². The second kappa shape index (κ2) is 23.6. The molecule has 1 aliphatic carbocycles. The molecule has 18 heteroatoms. The molecule has 1 aromatic heterocycles. The second-order valence-corrected chi connectivity index (χ2v) is 12.3. The quantitative estimate of drug-likeness (QED) is 0.0221. The van der Waals surface area contributed by atoms with E-state index in [1.54, 1.807) is 36.4 Å². The van der Waals surface area contributed by atoms with Crippen LogP contribution in [-0.2, 0) is 25.4 Å². The molecule has 0 spiro atoms. The third-order valence-electron chi connectivity index (χ3n) is 8.20. The molecule has 18 nitrogen and oxygen atoms in total. The Hall–Kier alpha value is -6.30. The number of fused-ring (bicyclic) bond motifs is 1. The Kier molecular flexibility index (Phi) is 17.3. The van der Waals surface area contributed by atoms with Gasteiger partial charge in [-0.1, -0.05) is 23.3 Å². The van der Waals surface area contributed by atoms with Crippen LogP contribution < -0.4 is 26.6 Å². The summed E-state index contributed by atoms with van der Waals surface area (Å²) in [6.45, 7) is 4.22. The number of ether oxygens (including phenoxy) is 4. The molecule has 4 aromatic rings. The molecular weight excluding hydrogens is 734 g/mol. The summed E-state index contributed by atoms with van der Waals surface area (Å²) in [6.07, 6.45) is 3.38. The Labute approximate surface area is 330 Å². The number of aryl methyl sites for hydroxylation is 1. The van der Waals surface area contributed by atoms with E-state index >= 15 is 0 Å². The van der Waals surface area contributed by atoms with Crippen molar-refractivity contribution in [1.82, 2.24) is 25.6 Å². The smallest absolute Gasteiger partial charge is 0.251 e. The van der Waals surface area contributed by atoms with E-state index in [9.17, 15) is 14.7 Å². The molecule has 1 heterocycles. The van der Waals surface area contributed by atoms with Gasteiger partial charge in [0.1, 0.15) is 5.76 Å². The van der Waals surface area contributed by atoms with E-state index in [1.165, 1.54) is 0 Å². The summed E-state index contributed by atoms with van der Waals surface area (Å²) in [4.78, 5) is 41.1.